The molecule has 0 aliphatic carbocycles. The number of para-hydroxylation sites is 1. The van der Waals surface area contributed by atoms with Crippen LogP contribution in [0, 0.1) is 5.92 Å². The zero-order chi connectivity index (χ0) is 15.5. The minimum absolute atomic E-state index is 0.00368. The maximum Gasteiger partial charge on any atom is 0.272 e. The maximum absolute atomic E-state index is 12.6. The van der Waals surface area contributed by atoms with Crippen LogP contribution in [0.2, 0.25) is 0 Å². The van der Waals surface area contributed by atoms with E-state index >= 15 is 0 Å². The summed E-state index contributed by atoms with van der Waals surface area (Å²) in [6, 6.07) is 11.4. The highest BCUT2D eigenvalue weighted by molar-refractivity contribution is 5.95. The number of rotatable bonds is 2. The van der Waals surface area contributed by atoms with Gasteiger partial charge in [0.15, 0.2) is 0 Å². The normalized spacial score (nSPS) is 18.2. The van der Waals surface area contributed by atoms with E-state index < -0.39 is 0 Å². The lowest BCUT2D eigenvalue weighted by Gasteiger charge is -2.31. The number of benzene rings is 1. The van der Waals surface area contributed by atoms with Crippen molar-refractivity contribution < 1.29 is 9.59 Å². The SMILES string of the molecule is CNC(=O)C1CCCN(C(=O)c2ccc3ccccc3n2)C1. The number of carbonyl (C=O) groups is 2. The molecule has 0 bridgehead atoms. The molecule has 1 atom stereocenters. The van der Waals surface area contributed by atoms with Crippen LogP contribution < -0.4 is 5.32 Å². The van der Waals surface area contributed by atoms with E-state index in [2.05, 4.69) is 10.3 Å². The van der Waals surface area contributed by atoms with Gasteiger partial charge in [0, 0.05) is 25.5 Å². The van der Waals surface area contributed by atoms with Gasteiger partial charge in [-0.05, 0) is 25.0 Å². The molecular weight excluding hydrogens is 278 g/mol. The standard InChI is InChI=1S/C17H19N3O2/c1-18-16(21)13-6-4-10-20(11-13)17(22)15-9-8-12-5-2-3-7-14(12)19-15/h2-3,5,7-9,13H,4,6,10-11H2,1H3,(H,18,21). The van der Waals surface area contributed by atoms with Gasteiger partial charge < -0.3 is 10.2 Å². The first-order chi connectivity index (χ1) is 10.7. The van der Waals surface area contributed by atoms with Gasteiger partial charge in [-0.3, -0.25) is 9.59 Å². The number of hydrogen-bond donors (Lipinski definition) is 1. The lowest BCUT2D eigenvalue weighted by Crippen LogP contribution is -2.45. The Kier molecular flexibility index (Phi) is 4.04. The zero-order valence-corrected chi connectivity index (χ0v) is 12.6. The van der Waals surface area contributed by atoms with Crippen LogP contribution in [-0.2, 0) is 4.79 Å². The van der Waals surface area contributed by atoms with Crippen LogP contribution in [0.5, 0.6) is 0 Å². The van der Waals surface area contributed by atoms with Crippen molar-refractivity contribution in [1.82, 2.24) is 15.2 Å². The predicted molar refractivity (Wildman–Crippen MR) is 84.4 cm³/mol. The molecule has 3 rings (SSSR count). The molecule has 114 valence electrons. The average Bonchev–Trinajstić information content (AvgIpc) is 2.60. The molecule has 1 N–H and O–H groups in total. The lowest BCUT2D eigenvalue weighted by atomic mass is 9.97. The third kappa shape index (κ3) is 2.79. The van der Waals surface area contributed by atoms with Gasteiger partial charge in [-0.15, -0.1) is 0 Å². The lowest BCUT2D eigenvalue weighted by molar-refractivity contribution is -0.125. The third-order valence-electron chi connectivity index (χ3n) is 4.14. The summed E-state index contributed by atoms with van der Waals surface area (Å²) in [5, 5.41) is 3.68. The highest BCUT2D eigenvalue weighted by Crippen LogP contribution is 2.19. The number of piperidine rings is 1. The van der Waals surface area contributed by atoms with Gasteiger partial charge in [0.1, 0.15) is 5.69 Å². The van der Waals surface area contributed by atoms with Crippen molar-refractivity contribution in [2.24, 2.45) is 5.92 Å². The van der Waals surface area contributed by atoms with E-state index in [1.807, 2.05) is 30.3 Å². The number of nitrogens with zero attached hydrogens (tertiary/aromatic N) is 2. The van der Waals surface area contributed by atoms with Gasteiger partial charge in [-0.25, -0.2) is 4.98 Å². The Labute approximate surface area is 129 Å². The van der Waals surface area contributed by atoms with Crippen molar-refractivity contribution in [1.29, 1.82) is 0 Å². The van der Waals surface area contributed by atoms with Crippen molar-refractivity contribution in [3.63, 3.8) is 0 Å². The molecule has 2 heterocycles. The summed E-state index contributed by atoms with van der Waals surface area (Å²) in [4.78, 5) is 30.6. The van der Waals surface area contributed by atoms with Crippen LogP contribution in [0.15, 0.2) is 36.4 Å². The van der Waals surface area contributed by atoms with E-state index in [1.54, 1.807) is 18.0 Å². The Bertz CT molecular complexity index is 714. The smallest absolute Gasteiger partial charge is 0.272 e. The Balaban J connectivity index is 1.81. The van der Waals surface area contributed by atoms with Crippen LogP contribution in [-0.4, -0.2) is 41.8 Å². The molecule has 5 heteroatoms. The van der Waals surface area contributed by atoms with E-state index in [0.29, 0.717) is 18.8 Å². The van der Waals surface area contributed by atoms with Gasteiger partial charge in [0.2, 0.25) is 5.91 Å². The second kappa shape index (κ2) is 6.13. The molecule has 1 aromatic carbocycles. The molecule has 22 heavy (non-hydrogen) atoms. The largest absolute Gasteiger partial charge is 0.359 e. The molecule has 0 spiro atoms. The molecule has 1 aliphatic heterocycles. The Morgan fingerprint density at radius 3 is 2.86 bits per heavy atom. The minimum Gasteiger partial charge on any atom is -0.359 e. The second-order valence-electron chi connectivity index (χ2n) is 5.59. The number of fused-ring (bicyclic) bond motifs is 1. The monoisotopic (exact) mass is 297 g/mol. The fourth-order valence-electron chi connectivity index (χ4n) is 2.93. The van der Waals surface area contributed by atoms with Gasteiger partial charge in [-0.1, -0.05) is 24.3 Å². The Morgan fingerprint density at radius 2 is 2.05 bits per heavy atom. The summed E-state index contributed by atoms with van der Waals surface area (Å²) in [7, 11) is 1.63. The third-order valence-corrected chi connectivity index (χ3v) is 4.14. The van der Waals surface area contributed by atoms with Gasteiger partial charge in [-0.2, -0.15) is 0 Å². The second-order valence-corrected chi connectivity index (χ2v) is 5.59. The van der Waals surface area contributed by atoms with E-state index in [0.717, 1.165) is 23.7 Å². The number of aromatic nitrogens is 1. The van der Waals surface area contributed by atoms with Crippen LogP contribution in [0.4, 0.5) is 0 Å². The summed E-state index contributed by atoms with van der Waals surface area (Å²) in [5.41, 5.74) is 1.25. The topological polar surface area (TPSA) is 62.3 Å². The number of amides is 2. The minimum atomic E-state index is -0.122. The maximum atomic E-state index is 12.6. The number of nitrogens with one attached hydrogen (secondary N) is 1. The first kappa shape index (κ1) is 14.5. The molecule has 5 nitrogen and oxygen atoms in total. The molecule has 0 saturated carbocycles. The van der Waals surface area contributed by atoms with Crippen LogP contribution in [0.1, 0.15) is 23.3 Å². The average molecular weight is 297 g/mol. The number of likely N-dealkylation sites (tertiary alicyclic amines) is 1. The van der Waals surface area contributed by atoms with Crippen LogP contribution in [0.3, 0.4) is 0 Å². The molecule has 1 fully saturated rings. The molecule has 2 amide bonds. The summed E-state index contributed by atoms with van der Waals surface area (Å²) < 4.78 is 0. The fourth-order valence-corrected chi connectivity index (χ4v) is 2.93. The quantitative estimate of drug-likeness (QED) is 0.920. The van der Waals surface area contributed by atoms with Crippen molar-refractivity contribution in [2.45, 2.75) is 12.8 Å². The molecule has 1 unspecified atom stereocenters. The molecular formula is C17H19N3O2. The molecule has 2 aromatic rings. The van der Waals surface area contributed by atoms with Crippen molar-refractivity contribution in [3.8, 4) is 0 Å². The predicted octanol–water partition coefficient (Wildman–Crippen LogP) is 1.83. The van der Waals surface area contributed by atoms with E-state index in [1.165, 1.54) is 0 Å². The molecule has 0 radical (unpaired) electrons. The van der Waals surface area contributed by atoms with Gasteiger partial charge in [0.25, 0.3) is 5.91 Å². The summed E-state index contributed by atoms with van der Waals surface area (Å²) >= 11 is 0. The molecule has 1 saturated heterocycles. The summed E-state index contributed by atoms with van der Waals surface area (Å²) in [6.45, 7) is 1.15. The van der Waals surface area contributed by atoms with Crippen molar-refractivity contribution >= 4 is 22.7 Å². The number of carbonyl (C=O) groups excluding carboxylic acids is 2. The van der Waals surface area contributed by atoms with Gasteiger partial charge >= 0.3 is 0 Å². The van der Waals surface area contributed by atoms with Crippen LogP contribution in [0.25, 0.3) is 10.9 Å². The van der Waals surface area contributed by atoms with Crippen molar-refractivity contribution in [3.05, 3.63) is 42.1 Å². The highest BCUT2D eigenvalue weighted by Gasteiger charge is 2.28. The van der Waals surface area contributed by atoms with E-state index in [-0.39, 0.29) is 17.7 Å². The first-order valence-corrected chi connectivity index (χ1v) is 7.55. The van der Waals surface area contributed by atoms with Crippen LogP contribution >= 0.6 is 0 Å². The Hall–Kier alpha value is -2.43. The fraction of sp³-hybridized carbons (Fsp3) is 0.353. The van der Waals surface area contributed by atoms with Gasteiger partial charge in [0.05, 0.1) is 11.4 Å². The molecule has 1 aromatic heterocycles. The number of hydrogen-bond acceptors (Lipinski definition) is 3. The number of pyridine rings is 1. The molecule has 1 aliphatic rings. The van der Waals surface area contributed by atoms with E-state index in [9.17, 15) is 9.59 Å². The highest BCUT2D eigenvalue weighted by atomic mass is 16.2. The zero-order valence-electron chi connectivity index (χ0n) is 12.6. The van der Waals surface area contributed by atoms with E-state index in [4.69, 9.17) is 0 Å². The summed E-state index contributed by atoms with van der Waals surface area (Å²) in [5.74, 6) is -0.216. The van der Waals surface area contributed by atoms with Crippen molar-refractivity contribution in [2.75, 3.05) is 20.1 Å². The summed E-state index contributed by atoms with van der Waals surface area (Å²) in [6.07, 6.45) is 1.67. The first-order valence-electron chi connectivity index (χ1n) is 7.55. The Morgan fingerprint density at radius 1 is 1.23 bits per heavy atom.